The lowest BCUT2D eigenvalue weighted by Gasteiger charge is -2.25. The maximum atomic E-state index is 5.77. The second kappa shape index (κ2) is 5.76. The van der Waals surface area contributed by atoms with E-state index in [1.807, 2.05) is 0 Å². The summed E-state index contributed by atoms with van der Waals surface area (Å²) in [7, 11) is 1.72. The Balaban J connectivity index is 2.32. The van der Waals surface area contributed by atoms with Gasteiger partial charge in [0.25, 0.3) is 0 Å². The van der Waals surface area contributed by atoms with Crippen molar-refractivity contribution in [3.8, 4) is 0 Å². The highest BCUT2D eigenvalue weighted by Gasteiger charge is 2.23. The maximum absolute atomic E-state index is 5.77. The molecule has 1 aliphatic rings. The molecule has 1 heterocycles. The van der Waals surface area contributed by atoms with Crippen molar-refractivity contribution in [1.29, 1.82) is 0 Å². The van der Waals surface area contributed by atoms with Crippen LogP contribution in [0.2, 0.25) is 0 Å². The molecule has 2 atom stereocenters. The lowest BCUT2D eigenvalue weighted by Crippen LogP contribution is -2.25. The number of ether oxygens (including phenoxy) is 1. The predicted octanol–water partition coefficient (Wildman–Crippen LogP) is 1.95. The number of nitrogens with two attached hydrogens (primary N) is 1. The third kappa shape index (κ3) is 2.54. The molecule has 100 valence electrons. The molecule has 1 aromatic heterocycles. The van der Waals surface area contributed by atoms with Gasteiger partial charge in [-0.2, -0.15) is 0 Å². The number of hydrogen-bond donors (Lipinski definition) is 1. The molecule has 1 aliphatic carbocycles. The highest BCUT2D eigenvalue weighted by Crippen LogP contribution is 2.27. The van der Waals surface area contributed by atoms with E-state index in [-0.39, 0.29) is 6.10 Å². The van der Waals surface area contributed by atoms with E-state index < -0.39 is 0 Å². The van der Waals surface area contributed by atoms with Gasteiger partial charge in [-0.05, 0) is 50.6 Å². The summed E-state index contributed by atoms with van der Waals surface area (Å²) in [6, 6.07) is 0. The molecule has 1 aromatic rings. The van der Waals surface area contributed by atoms with Crippen LogP contribution in [0.5, 0.6) is 0 Å². The lowest BCUT2D eigenvalue weighted by atomic mass is 9.86. The predicted molar refractivity (Wildman–Crippen MR) is 71.4 cm³/mol. The molecule has 0 saturated heterocycles. The topological polar surface area (TPSA) is 61.0 Å². The second-order valence-electron chi connectivity index (χ2n) is 5.07. The fourth-order valence-corrected chi connectivity index (χ4v) is 2.68. The van der Waals surface area contributed by atoms with Crippen LogP contribution >= 0.6 is 0 Å². The first-order chi connectivity index (χ1) is 8.69. The monoisotopic (exact) mass is 249 g/mol. The Morgan fingerprint density at radius 3 is 2.83 bits per heavy atom. The molecule has 0 spiro atoms. The minimum Gasteiger partial charge on any atom is -0.373 e. The van der Waals surface area contributed by atoms with Crippen molar-refractivity contribution in [2.75, 3.05) is 13.7 Å². The average molecular weight is 249 g/mol. The standard InChI is InChI=1S/C14H23N3O/c1-4-13(18-3)14-16-9(2)11-7-10(8-15)5-6-12(11)17-14/h10,13H,4-8,15H2,1-3H3. The number of hydrogen-bond acceptors (Lipinski definition) is 4. The fraction of sp³-hybridized carbons (Fsp3) is 0.714. The first-order valence-electron chi connectivity index (χ1n) is 6.78. The molecule has 0 bridgehead atoms. The van der Waals surface area contributed by atoms with Gasteiger partial charge in [-0.1, -0.05) is 6.92 Å². The Kier molecular flexibility index (Phi) is 4.30. The van der Waals surface area contributed by atoms with E-state index in [9.17, 15) is 0 Å². The van der Waals surface area contributed by atoms with Gasteiger partial charge >= 0.3 is 0 Å². The Bertz CT molecular complexity index is 416. The number of aryl methyl sites for hydroxylation is 2. The van der Waals surface area contributed by atoms with E-state index in [0.29, 0.717) is 5.92 Å². The molecule has 4 nitrogen and oxygen atoms in total. The van der Waals surface area contributed by atoms with Crippen molar-refractivity contribution in [2.24, 2.45) is 11.7 Å². The highest BCUT2D eigenvalue weighted by atomic mass is 16.5. The van der Waals surface area contributed by atoms with Crippen molar-refractivity contribution in [3.05, 3.63) is 22.8 Å². The molecule has 0 aromatic carbocycles. The summed E-state index contributed by atoms with van der Waals surface area (Å²) in [6.45, 7) is 4.93. The van der Waals surface area contributed by atoms with Gasteiger partial charge in [-0.15, -0.1) is 0 Å². The van der Waals surface area contributed by atoms with Crippen LogP contribution in [0, 0.1) is 12.8 Å². The Labute approximate surface area is 109 Å². The smallest absolute Gasteiger partial charge is 0.157 e. The molecule has 0 amide bonds. The highest BCUT2D eigenvalue weighted by molar-refractivity contribution is 5.28. The molecule has 18 heavy (non-hydrogen) atoms. The molecular weight excluding hydrogens is 226 g/mol. The van der Waals surface area contributed by atoms with Gasteiger partial charge in [0, 0.05) is 18.5 Å². The molecule has 2 N–H and O–H groups in total. The van der Waals surface area contributed by atoms with Gasteiger partial charge in [-0.3, -0.25) is 0 Å². The average Bonchev–Trinajstić information content (AvgIpc) is 2.40. The summed E-state index contributed by atoms with van der Waals surface area (Å²) >= 11 is 0. The molecule has 0 fully saturated rings. The lowest BCUT2D eigenvalue weighted by molar-refractivity contribution is 0.0920. The van der Waals surface area contributed by atoms with Crippen molar-refractivity contribution < 1.29 is 4.74 Å². The van der Waals surface area contributed by atoms with Crippen LogP contribution in [-0.2, 0) is 17.6 Å². The summed E-state index contributed by atoms with van der Waals surface area (Å²) in [4.78, 5) is 9.33. The third-order valence-corrected chi connectivity index (χ3v) is 3.88. The van der Waals surface area contributed by atoms with Crippen LogP contribution in [-0.4, -0.2) is 23.6 Å². The van der Waals surface area contributed by atoms with Crippen LogP contribution in [0.25, 0.3) is 0 Å². The molecule has 0 aliphatic heterocycles. The fourth-order valence-electron chi connectivity index (χ4n) is 2.68. The molecule has 2 rings (SSSR count). The van der Waals surface area contributed by atoms with E-state index in [1.54, 1.807) is 7.11 Å². The SMILES string of the molecule is CCC(OC)c1nc(C)c2c(n1)CCC(CN)C2. The number of fused-ring (bicyclic) bond motifs is 1. The molecular formula is C14H23N3O. The quantitative estimate of drug-likeness (QED) is 0.886. The Morgan fingerprint density at radius 1 is 1.44 bits per heavy atom. The zero-order valence-electron chi connectivity index (χ0n) is 11.6. The van der Waals surface area contributed by atoms with Crippen molar-refractivity contribution in [2.45, 2.75) is 45.6 Å². The molecule has 4 heteroatoms. The minimum atomic E-state index is 0.0150. The van der Waals surface area contributed by atoms with E-state index in [0.717, 1.165) is 43.7 Å². The van der Waals surface area contributed by atoms with E-state index in [2.05, 4.69) is 18.8 Å². The molecule has 0 saturated carbocycles. The Morgan fingerprint density at radius 2 is 2.22 bits per heavy atom. The van der Waals surface area contributed by atoms with E-state index in [1.165, 1.54) is 11.3 Å². The van der Waals surface area contributed by atoms with Crippen LogP contribution in [0.3, 0.4) is 0 Å². The van der Waals surface area contributed by atoms with E-state index in [4.69, 9.17) is 15.5 Å². The third-order valence-electron chi connectivity index (χ3n) is 3.88. The minimum absolute atomic E-state index is 0.0150. The molecule has 2 unspecified atom stereocenters. The van der Waals surface area contributed by atoms with Crippen LogP contribution in [0.1, 0.15) is 48.6 Å². The van der Waals surface area contributed by atoms with Crippen molar-refractivity contribution in [3.63, 3.8) is 0 Å². The maximum Gasteiger partial charge on any atom is 0.157 e. The van der Waals surface area contributed by atoms with Crippen LogP contribution in [0.4, 0.5) is 0 Å². The van der Waals surface area contributed by atoms with Gasteiger partial charge in [0.2, 0.25) is 0 Å². The van der Waals surface area contributed by atoms with Crippen LogP contribution < -0.4 is 5.73 Å². The zero-order chi connectivity index (χ0) is 13.1. The number of rotatable bonds is 4. The number of aromatic nitrogens is 2. The molecule has 0 radical (unpaired) electrons. The first-order valence-corrected chi connectivity index (χ1v) is 6.78. The summed E-state index contributed by atoms with van der Waals surface area (Å²) in [5.41, 5.74) is 9.39. The first kappa shape index (κ1) is 13.4. The Hall–Kier alpha value is -1.00. The van der Waals surface area contributed by atoms with Gasteiger partial charge < -0.3 is 10.5 Å². The van der Waals surface area contributed by atoms with E-state index >= 15 is 0 Å². The summed E-state index contributed by atoms with van der Waals surface area (Å²) in [6.07, 6.45) is 4.11. The number of nitrogens with zero attached hydrogens (tertiary/aromatic N) is 2. The summed E-state index contributed by atoms with van der Waals surface area (Å²) < 4.78 is 5.43. The summed E-state index contributed by atoms with van der Waals surface area (Å²) in [5.74, 6) is 1.43. The normalized spacial score (nSPS) is 20.6. The van der Waals surface area contributed by atoms with Gasteiger partial charge in [0.1, 0.15) is 6.10 Å². The largest absolute Gasteiger partial charge is 0.373 e. The van der Waals surface area contributed by atoms with Crippen molar-refractivity contribution in [1.82, 2.24) is 9.97 Å². The van der Waals surface area contributed by atoms with Gasteiger partial charge in [-0.25, -0.2) is 9.97 Å². The van der Waals surface area contributed by atoms with Crippen molar-refractivity contribution >= 4 is 0 Å². The summed E-state index contributed by atoms with van der Waals surface area (Å²) in [5, 5.41) is 0. The van der Waals surface area contributed by atoms with Gasteiger partial charge in [0.15, 0.2) is 5.82 Å². The second-order valence-corrected chi connectivity index (χ2v) is 5.07. The number of methoxy groups -OCH3 is 1. The van der Waals surface area contributed by atoms with Crippen LogP contribution in [0.15, 0.2) is 0 Å². The van der Waals surface area contributed by atoms with Gasteiger partial charge in [0.05, 0.1) is 0 Å². The zero-order valence-corrected chi connectivity index (χ0v) is 11.6.